The third-order valence-electron chi connectivity index (χ3n) is 6.73. The second kappa shape index (κ2) is 11.0. The Morgan fingerprint density at radius 2 is 1.73 bits per heavy atom. The van der Waals surface area contributed by atoms with Crippen LogP contribution in [-0.2, 0) is 7.05 Å². The minimum Gasteiger partial charge on any atom is -0.367 e. The highest BCUT2D eigenvalue weighted by molar-refractivity contribution is 6.02. The van der Waals surface area contributed by atoms with E-state index in [4.69, 9.17) is 5.26 Å². The van der Waals surface area contributed by atoms with Crippen molar-refractivity contribution in [3.8, 4) is 17.2 Å². The van der Waals surface area contributed by atoms with E-state index in [2.05, 4.69) is 26.8 Å². The summed E-state index contributed by atoms with van der Waals surface area (Å²) in [6.07, 6.45) is 8.95. The molecule has 186 valence electrons. The third-order valence-corrected chi connectivity index (χ3v) is 6.73. The lowest BCUT2D eigenvalue weighted by molar-refractivity contribution is 0.251. The molecule has 8 heteroatoms. The topological polar surface area (TPSA) is 98.9 Å². The summed E-state index contributed by atoms with van der Waals surface area (Å²) in [5.41, 5.74) is 4.28. The van der Waals surface area contributed by atoms with Crippen molar-refractivity contribution in [1.29, 1.82) is 5.26 Å². The minimum absolute atomic E-state index is 0.0694. The van der Waals surface area contributed by atoms with Crippen molar-refractivity contribution >= 4 is 23.2 Å². The zero-order valence-electron chi connectivity index (χ0n) is 20.7. The Kier molecular flexibility index (Phi) is 7.13. The molecule has 0 spiro atoms. The van der Waals surface area contributed by atoms with Crippen molar-refractivity contribution in [2.45, 2.75) is 37.8 Å². The second-order valence-corrected chi connectivity index (χ2v) is 9.31. The van der Waals surface area contributed by atoms with Crippen molar-refractivity contribution in [3.63, 3.8) is 0 Å². The Balaban J connectivity index is 1.32. The van der Waals surface area contributed by atoms with Crippen LogP contribution in [0, 0.1) is 11.3 Å². The van der Waals surface area contributed by atoms with Crippen LogP contribution in [0.3, 0.4) is 0 Å². The highest BCUT2D eigenvalue weighted by Crippen LogP contribution is 2.31. The van der Waals surface area contributed by atoms with E-state index in [1.54, 1.807) is 16.9 Å². The fourth-order valence-corrected chi connectivity index (χ4v) is 4.82. The lowest BCUT2D eigenvalue weighted by atomic mass is 9.89. The maximum absolute atomic E-state index is 13.6. The van der Waals surface area contributed by atoms with E-state index in [0.29, 0.717) is 5.56 Å². The van der Waals surface area contributed by atoms with Crippen molar-refractivity contribution in [3.05, 3.63) is 90.9 Å². The van der Waals surface area contributed by atoms with Crippen LogP contribution in [0.1, 0.15) is 31.2 Å². The van der Waals surface area contributed by atoms with E-state index in [1.165, 1.54) is 0 Å². The summed E-state index contributed by atoms with van der Waals surface area (Å²) in [6, 6.07) is 23.6. The summed E-state index contributed by atoms with van der Waals surface area (Å²) < 4.78 is 1.78. The Labute approximate surface area is 216 Å². The molecule has 2 heterocycles. The van der Waals surface area contributed by atoms with Gasteiger partial charge in [-0.2, -0.15) is 10.4 Å². The average Bonchev–Trinajstić information content (AvgIpc) is 3.37. The number of urea groups is 1. The third kappa shape index (κ3) is 5.78. The molecule has 0 unspecified atom stereocenters. The molecule has 2 N–H and O–H groups in total. The molecule has 1 saturated carbocycles. The summed E-state index contributed by atoms with van der Waals surface area (Å²) >= 11 is 0. The molecule has 2 amide bonds. The number of pyridine rings is 1. The maximum atomic E-state index is 13.6. The van der Waals surface area contributed by atoms with E-state index >= 15 is 0 Å². The monoisotopic (exact) mass is 491 g/mol. The van der Waals surface area contributed by atoms with Gasteiger partial charge in [0.25, 0.3) is 0 Å². The first-order valence-corrected chi connectivity index (χ1v) is 12.5. The molecule has 0 atom stereocenters. The largest absolute Gasteiger partial charge is 0.367 e. The van der Waals surface area contributed by atoms with Crippen LogP contribution >= 0.6 is 0 Å². The fraction of sp³-hybridized carbons (Fsp3) is 0.241. The van der Waals surface area contributed by atoms with Gasteiger partial charge in [0.1, 0.15) is 11.9 Å². The number of anilines is 3. The van der Waals surface area contributed by atoms with Crippen LogP contribution in [-0.4, -0.2) is 32.9 Å². The predicted molar refractivity (Wildman–Crippen MR) is 145 cm³/mol. The maximum Gasteiger partial charge on any atom is 0.326 e. The Hall–Kier alpha value is -4.64. The number of carbonyl (C=O) groups excluding carboxylic acids is 1. The van der Waals surface area contributed by atoms with Gasteiger partial charge in [-0.1, -0.05) is 30.3 Å². The molecule has 5 rings (SSSR count). The average molecular weight is 492 g/mol. The number of benzene rings is 2. The lowest BCUT2D eigenvalue weighted by Gasteiger charge is -2.37. The molecule has 0 aliphatic heterocycles. The molecule has 8 nitrogen and oxygen atoms in total. The van der Waals surface area contributed by atoms with Gasteiger partial charge < -0.3 is 10.6 Å². The second-order valence-electron chi connectivity index (χ2n) is 9.31. The van der Waals surface area contributed by atoms with Crippen LogP contribution in [0.2, 0.25) is 0 Å². The van der Waals surface area contributed by atoms with Gasteiger partial charge in [-0.05, 0) is 67.6 Å². The Bertz CT molecular complexity index is 1370. The van der Waals surface area contributed by atoms with Crippen molar-refractivity contribution in [2.75, 3.05) is 15.5 Å². The molecule has 1 aliphatic rings. The van der Waals surface area contributed by atoms with Crippen LogP contribution in [0.4, 0.5) is 22.0 Å². The van der Waals surface area contributed by atoms with E-state index in [9.17, 15) is 4.79 Å². The number of nitriles is 1. The molecule has 0 bridgehead atoms. The summed E-state index contributed by atoms with van der Waals surface area (Å²) in [4.78, 5) is 19.8. The predicted octanol–water partition coefficient (Wildman–Crippen LogP) is 5.82. The standard InChI is InChI=1S/C29H29N7O/c1-35-20-23(19-32-35)22-8-12-26(13-9-22)36(29(37)34-24-5-3-2-4-6-24)27-14-10-25(11-15-27)33-28-16-7-21(17-30)18-31-28/h2-9,12-13,16,18-20,25,27H,10-11,14-15H2,1H3,(H,31,33)(H,34,37)/t25-,27-. The van der Waals surface area contributed by atoms with Gasteiger partial charge in [-0.25, -0.2) is 9.78 Å². The van der Waals surface area contributed by atoms with Crippen molar-refractivity contribution in [1.82, 2.24) is 14.8 Å². The quantitative estimate of drug-likeness (QED) is 0.354. The highest BCUT2D eigenvalue weighted by atomic mass is 16.2. The Morgan fingerprint density at radius 1 is 0.973 bits per heavy atom. The van der Waals surface area contributed by atoms with E-state index in [1.807, 2.05) is 85.0 Å². The van der Waals surface area contributed by atoms with Crippen molar-refractivity contribution < 1.29 is 4.79 Å². The number of amides is 2. The number of para-hydroxylation sites is 1. The number of hydrogen-bond donors (Lipinski definition) is 2. The van der Waals surface area contributed by atoms with Gasteiger partial charge in [-0.15, -0.1) is 0 Å². The first kappa shape index (κ1) is 24.1. The lowest BCUT2D eigenvalue weighted by Crippen LogP contribution is -2.46. The molecule has 4 aromatic rings. The molecule has 0 radical (unpaired) electrons. The van der Waals surface area contributed by atoms with Gasteiger partial charge >= 0.3 is 6.03 Å². The number of hydrogen-bond acceptors (Lipinski definition) is 5. The number of carbonyl (C=O) groups is 1. The normalized spacial score (nSPS) is 17.0. The zero-order valence-corrected chi connectivity index (χ0v) is 20.7. The van der Waals surface area contributed by atoms with Gasteiger partial charge in [0.2, 0.25) is 0 Å². The van der Waals surface area contributed by atoms with E-state index in [-0.39, 0.29) is 18.1 Å². The number of aryl methyl sites for hydroxylation is 1. The molecule has 37 heavy (non-hydrogen) atoms. The SMILES string of the molecule is Cn1cc(-c2ccc(N(C(=O)Nc3ccccc3)[C@H]3CC[C@H](Nc4ccc(C#N)cn4)CC3)cc2)cn1. The summed E-state index contributed by atoms with van der Waals surface area (Å²) in [5.74, 6) is 0.770. The van der Waals surface area contributed by atoms with Gasteiger partial charge in [0.15, 0.2) is 0 Å². The van der Waals surface area contributed by atoms with Gasteiger partial charge in [0, 0.05) is 48.5 Å². The molecular formula is C29H29N7O. The summed E-state index contributed by atoms with van der Waals surface area (Å²) in [6.45, 7) is 0. The van der Waals surface area contributed by atoms with Crippen LogP contribution in [0.15, 0.2) is 85.3 Å². The first-order chi connectivity index (χ1) is 18.1. The van der Waals surface area contributed by atoms with Crippen LogP contribution < -0.4 is 15.5 Å². The van der Waals surface area contributed by atoms with E-state index in [0.717, 1.165) is 54.0 Å². The molecular weight excluding hydrogens is 462 g/mol. The fourth-order valence-electron chi connectivity index (χ4n) is 4.82. The van der Waals surface area contributed by atoms with Crippen LogP contribution in [0.25, 0.3) is 11.1 Å². The first-order valence-electron chi connectivity index (χ1n) is 12.5. The number of nitrogens with zero attached hydrogens (tertiary/aromatic N) is 5. The van der Waals surface area contributed by atoms with Crippen LogP contribution in [0.5, 0.6) is 0 Å². The molecule has 2 aromatic carbocycles. The van der Waals surface area contributed by atoms with Crippen molar-refractivity contribution in [2.24, 2.45) is 7.05 Å². The molecule has 0 saturated heterocycles. The summed E-state index contributed by atoms with van der Waals surface area (Å²) in [7, 11) is 1.90. The zero-order chi connectivity index (χ0) is 25.6. The molecule has 2 aromatic heterocycles. The van der Waals surface area contributed by atoms with Gasteiger partial charge in [0.05, 0.1) is 11.8 Å². The Morgan fingerprint density at radius 3 is 2.35 bits per heavy atom. The number of nitrogens with one attached hydrogen (secondary N) is 2. The summed E-state index contributed by atoms with van der Waals surface area (Å²) in [5, 5.41) is 19.8. The van der Waals surface area contributed by atoms with Gasteiger partial charge in [-0.3, -0.25) is 9.58 Å². The highest BCUT2D eigenvalue weighted by Gasteiger charge is 2.30. The number of aromatic nitrogens is 3. The smallest absolute Gasteiger partial charge is 0.326 e. The minimum atomic E-state index is -0.134. The van der Waals surface area contributed by atoms with E-state index < -0.39 is 0 Å². The molecule has 1 aliphatic carbocycles. The molecule has 1 fully saturated rings. The number of rotatable bonds is 6.